The van der Waals surface area contributed by atoms with Crippen molar-refractivity contribution in [2.75, 3.05) is 0 Å². The van der Waals surface area contributed by atoms with Gasteiger partial charge in [0, 0.05) is 54.4 Å². The molecule has 0 bridgehead atoms. The van der Waals surface area contributed by atoms with Crippen LogP contribution in [0.25, 0.3) is 55.6 Å². The molecule has 6 rings (SSSR count). The summed E-state index contributed by atoms with van der Waals surface area (Å²) in [7, 11) is 0. The summed E-state index contributed by atoms with van der Waals surface area (Å²) >= 11 is 0. The van der Waals surface area contributed by atoms with Crippen molar-refractivity contribution in [1.29, 1.82) is 0 Å². The Morgan fingerprint density at radius 1 is 1.00 bits per heavy atom. The fourth-order valence-corrected chi connectivity index (χ4v) is 4.44. The van der Waals surface area contributed by atoms with Gasteiger partial charge in [0.2, 0.25) is 5.71 Å². The second-order valence-electron chi connectivity index (χ2n) is 9.89. The molecule has 6 nitrogen and oxygen atoms in total. The van der Waals surface area contributed by atoms with E-state index in [1.165, 1.54) is 25.5 Å². The van der Waals surface area contributed by atoms with Gasteiger partial charge < -0.3 is 18.9 Å². The van der Waals surface area contributed by atoms with E-state index in [0.29, 0.717) is 11.6 Å². The Kier molecular flexibility index (Phi) is 8.67. The third-order valence-corrected chi connectivity index (χ3v) is 6.37. The number of aromatic nitrogens is 2. The van der Waals surface area contributed by atoms with E-state index >= 15 is 0 Å². The van der Waals surface area contributed by atoms with Gasteiger partial charge >= 0.3 is 0 Å². The molecule has 0 atom stereocenters. The molecule has 0 amide bonds. The fraction of sp³-hybridized carbons (Fsp3) is 0.182. The summed E-state index contributed by atoms with van der Waals surface area (Å²) in [6, 6.07) is 23.8. The Hall–Kier alpha value is -4.06. The average Bonchev–Trinajstić information content (AvgIpc) is 3.48. The Morgan fingerprint density at radius 2 is 1.75 bits per heavy atom. The average molecular weight is 710 g/mol. The first-order valence-corrected chi connectivity index (χ1v) is 12.8. The Morgan fingerprint density at radius 3 is 2.40 bits per heavy atom. The number of hydrogen-bond acceptors (Lipinski definition) is 6. The molecule has 40 heavy (non-hydrogen) atoms. The summed E-state index contributed by atoms with van der Waals surface area (Å²) in [5.41, 5.74) is 7.01. The van der Waals surface area contributed by atoms with E-state index < -0.39 is 0 Å². The minimum atomic E-state index is -0.125. The maximum absolute atomic E-state index is 10.0. The number of furan rings is 2. The molecular formula is C33H29IrN2O4-. The number of pyridine rings is 2. The molecule has 4 aromatic heterocycles. The van der Waals surface area contributed by atoms with Crippen molar-refractivity contribution in [1.82, 2.24) is 9.97 Å². The smallest absolute Gasteiger partial charge is 0.216 e. The maximum atomic E-state index is 10.0. The Bertz CT molecular complexity index is 1840. The molecule has 0 fully saturated rings. The van der Waals surface area contributed by atoms with E-state index in [2.05, 4.69) is 54.1 Å². The zero-order chi connectivity index (χ0) is 27.7. The Labute approximate surface area is 246 Å². The van der Waals surface area contributed by atoms with Crippen LogP contribution in [0.15, 0.2) is 87.5 Å². The predicted molar refractivity (Wildman–Crippen MR) is 155 cm³/mol. The summed E-state index contributed by atoms with van der Waals surface area (Å²) < 4.78 is 12.3. The van der Waals surface area contributed by atoms with Crippen LogP contribution in [0.1, 0.15) is 44.9 Å². The second kappa shape index (κ2) is 12.0. The monoisotopic (exact) mass is 710 g/mol. The first-order chi connectivity index (χ1) is 18.7. The summed E-state index contributed by atoms with van der Waals surface area (Å²) in [4.78, 5) is 19.2. The number of aryl methyl sites for hydroxylation is 1. The quantitative estimate of drug-likeness (QED) is 0.112. The number of aliphatic hydroxyl groups excluding tert-OH is 1. The topological polar surface area (TPSA) is 89.4 Å². The summed E-state index contributed by atoms with van der Waals surface area (Å²) in [6.07, 6.45) is 3.01. The molecule has 0 aliphatic heterocycles. The Balaban J connectivity index is 0.000000413. The van der Waals surface area contributed by atoms with Crippen molar-refractivity contribution in [3.05, 3.63) is 96.0 Å². The van der Waals surface area contributed by atoms with Crippen LogP contribution in [0.2, 0.25) is 0 Å². The van der Waals surface area contributed by atoms with Crippen LogP contribution in [-0.2, 0) is 24.9 Å². The van der Waals surface area contributed by atoms with Crippen LogP contribution in [0.5, 0.6) is 0 Å². The number of allylic oxidation sites excluding steroid dienone is 2. The van der Waals surface area contributed by atoms with Gasteiger partial charge in [-0.25, -0.2) is 4.98 Å². The van der Waals surface area contributed by atoms with Gasteiger partial charge in [0.15, 0.2) is 5.78 Å². The number of fused-ring (bicyclic) bond motifs is 4. The van der Waals surface area contributed by atoms with Gasteiger partial charge in [-0.3, -0.25) is 4.79 Å². The zero-order valence-corrected chi connectivity index (χ0v) is 25.3. The second-order valence-corrected chi connectivity index (χ2v) is 9.89. The van der Waals surface area contributed by atoms with Crippen molar-refractivity contribution in [2.45, 2.75) is 40.5 Å². The minimum Gasteiger partial charge on any atom is -0.512 e. The number of hydrogen-bond donors (Lipinski definition) is 1. The number of benzene rings is 2. The molecule has 0 aliphatic rings. The number of aliphatic hydroxyl groups is 1. The van der Waals surface area contributed by atoms with E-state index in [4.69, 9.17) is 13.9 Å². The van der Waals surface area contributed by atoms with Gasteiger partial charge in [0.05, 0.1) is 11.3 Å². The molecule has 1 N–H and O–H groups in total. The van der Waals surface area contributed by atoms with Gasteiger partial charge in [-0.05, 0) is 62.2 Å². The number of carbonyl (C=O) groups is 1. The maximum Gasteiger partial charge on any atom is 0.216 e. The molecule has 7 heteroatoms. The van der Waals surface area contributed by atoms with E-state index in [1.807, 2.05) is 49.5 Å². The van der Waals surface area contributed by atoms with Gasteiger partial charge in [-0.1, -0.05) is 49.1 Å². The van der Waals surface area contributed by atoms with E-state index in [0.717, 1.165) is 55.6 Å². The van der Waals surface area contributed by atoms with Gasteiger partial charge in [-0.15, -0.1) is 18.2 Å². The molecule has 0 aliphatic carbocycles. The van der Waals surface area contributed by atoms with Crippen LogP contribution < -0.4 is 0 Å². The van der Waals surface area contributed by atoms with Crippen molar-refractivity contribution >= 4 is 38.8 Å². The summed E-state index contributed by atoms with van der Waals surface area (Å²) in [5, 5.41) is 11.3. The molecule has 2 aromatic carbocycles. The molecule has 0 saturated carbocycles. The molecule has 0 unspecified atom stereocenters. The summed E-state index contributed by atoms with van der Waals surface area (Å²) in [5.74, 6) is 1.27. The SMILES string of the molecule is CC(=O)/C=C(/C)O.Cc1ccc2c(n1)oc1c(-c3cc4oc(-c5ccc(C(C)C)cc5)cc4cn3)[c-]ccc12.[Ir]. The van der Waals surface area contributed by atoms with Crippen LogP contribution in [0.4, 0.5) is 0 Å². The molecule has 0 spiro atoms. The molecule has 1 radical (unpaired) electrons. The van der Waals surface area contributed by atoms with Gasteiger partial charge in [0.25, 0.3) is 0 Å². The van der Waals surface area contributed by atoms with Crippen LogP contribution >= 0.6 is 0 Å². The zero-order valence-electron chi connectivity index (χ0n) is 22.9. The fourth-order valence-electron chi connectivity index (χ4n) is 4.44. The normalized spacial score (nSPS) is 11.5. The van der Waals surface area contributed by atoms with Gasteiger partial charge in [0.1, 0.15) is 11.3 Å². The third-order valence-electron chi connectivity index (χ3n) is 6.37. The van der Waals surface area contributed by atoms with E-state index in [1.54, 1.807) is 0 Å². The van der Waals surface area contributed by atoms with Crippen LogP contribution in [0.3, 0.4) is 0 Å². The summed E-state index contributed by atoms with van der Waals surface area (Å²) in [6.45, 7) is 9.20. The minimum absolute atomic E-state index is 0. The first-order valence-electron chi connectivity index (χ1n) is 12.8. The van der Waals surface area contributed by atoms with Crippen molar-refractivity contribution in [2.24, 2.45) is 0 Å². The molecule has 4 heterocycles. The van der Waals surface area contributed by atoms with Crippen molar-refractivity contribution < 1.29 is 38.8 Å². The largest absolute Gasteiger partial charge is 0.512 e. The first kappa shape index (κ1) is 28.9. The predicted octanol–water partition coefficient (Wildman–Crippen LogP) is 8.72. The molecular weight excluding hydrogens is 681 g/mol. The number of carbonyl (C=O) groups excluding carboxylic acids is 1. The van der Waals surface area contributed by atoms with E-state index in [-0.39, 0.29) is 31.6 Å². The van der Waals surface area contributed by atoms with Gasteiger partial charge in [-0.2, -0.15) is 0 Å². The molecule has 205 valence electrons. The third kappa shape index (κ3) is 6.06. The number of ketones is 1. The number of rotatable bonds is 4. The molecule has 0 saturated heterocycles. The van der Waals surface area contributed by atoms with Crippen LogP contribution in [-0.4, -0.2) is 20.9 Å². The van der Waals surface area contributed by atoms with Crippen molar-refractivity contribution in [3.8, 4) is 22.6 Å². The molecule has 6 aromatic rings. The van der Waals surface area contributed by atoms with Crippen LogP contribution in [0, 0.1) is 13.0 Å². The van der Waals surface area contributed by atoms with Crippen molar-refractivity contribution in [3.63, 3.8) is 0 Å². The standard InChI is InChI=1S/C28H21N2O2.C5H8O2.Ir/c1-16(2)18-8-10-19(11-9-18)25-13-20-15-29-24(14-26(20)31-25)23-6-4-5-21-22-12-7-17(3)30-28(22)32-27(21)23;1-4(6)3-5(2)7;/h4-5,7-16H,1-3H3;3,6H,1-2H3;/q-1;;/b;4-3-;. The number of nitrogens with zero attached hydrogens (tertiary/aromatic N) is 2. The van der Waals surface area contributed by atoms with E-state index in [9.17, 15) is 4.79 Å².